The van der Waals surface area contributed by atoms with Gasteiger partial charge in [0.25, 0.3) is 0 Å². The van der Waals surface area contributed by atoms with E-state index in [2.05, 4.69) is 21.3 Å². The van der Waals surface area contributed by atoms with E-state index in [1.807, 2.05) is 0 Å². The highest BCUT2D eigenvalue weighted by Gasteiger charge is 2.22. The lowest BCUT2D eigenvalue weighted by molar-refractivity contribution is -0.144. The van der Waals surface area contributed by atoms with Crippen LogP contribution in [0.25, 0.3) is 0 Å². The molecule has 0 aliphatic heterocycles. The minimum Gasteiger partial charge on any atom is -0.481 e. The first-order valence-corrected chi connectivity index (χ1v) is 21.1. The summed E-state index contributed by atoms with van der Waals surface area (Å²) in [7, 11) is 0. The van der Waals surface area contributed by atoms with Crippen LogP contribution >= 0.6 is 0 Å². The molecular weight excluding hydrogens is 792 g/mol. The average Bonchev–Trinajstić information content (AvgIpc) is 3.19. The van der Waals surface area contributed by atoms with Gasteiger partial charge in [0, 0.05) is 38.8 Å². The fourth-order valence-electron chi connectivity index (χ4n) is 5.68. The van der Waals surface area contributed by atoms with Crippen LogP contribution in [0.15, 0.2) is 0 Å². The maximum Gasteiger partial charge on any atom is 0.326 e. The Bertz CT molecular complexity index is 1240. The molecular formula is C40H70N4O16. The van der Waals surface area contributed by atoms with Crippen LogP contribution in [0, 0.1) is 0 Å². The van der Waals surface area contributed by atoms with Gasteiger partial charge in [0.15, 0.2) is 0 Å². The van der Waals surface area contributed by atoms with Gasteiger partial charge in [0.05, 0.1) is 39.6 Å². The van der Waals surface area contributed by atoms with E-state index in [9.17, 15) is 43.5 Å². The molecule has 20 heteroatoms. The van der Waals surface area contributed by atoms with Gasteiger partial charge >= 0.3 is 23.9 Å². The average molecular weight is 863 g/mol. The van der Waals surface area contributed by atoms with Crippen molar-refractivity contribution >= 4 is 47.5 Å². The molecule has 346 valence electrons. The highest BCUT2D eigenvalue weighted by atomic mass is 16.5. The molecule has 0 spiro atoms. The van der Waals surface area contributed by atoms with E-state index in [1.54, 1.807) is 0 Å². The summed E-state index contributed by atoms with van der Waals surface area (Å²) in [6, 6.07) is -2.49. The number of aliphatic carboxylic acids is 4. The van der Waals surface area contributed by atoms with Gasteiger partial charge in [-0.3, -0.25) is 28.8 Å². The van der Waals surface area contributed by atoms with E-state index in [0.717, 1.165) is 44.9 Å². The number of unbranched alkanes of at least 4 members (excludes halogenated alkanes) is 13. The Morgan fingerprint density at radius 1 is 0.367 bits per heavy atom. The molecule has 0 bridgehead atoms. The second-order valence-corrected chi connectivity index (χ2v) is 14.3. The Morgan fingerprint density at radius 3 is 1.18 bits per heavy atom. The van der Waals surface area contributed by atoms with Crippen molar-refractivity contribution < 1.29 is 77.7 Å². The zero-order valence-electron chi connectivity index (χ0n) is 35.1. The first-order chi connectivity index (χ1) is 28.8. The van der Waals surface area contributed by atoms with E-state index in [1.165, 1.54) is 38.5 Å². The summed E-state index contributed by atoms with van der Waals surface area (Å²) < 4.78 is 21.0. The number of ether oxygens (including phenoxy) is 4. The van der Waals surface area contributed by atoms with Crippen molar-refractivity contribution in [2.75, 3.05) is 65.9 Å². The Balaban J connectivity index is 3.72. The topological polar surface area (TPSA) is 303 Å². The van der Waals surface area contributed by atoms with Crippen LogP contribution in [-0.4, -0.2) is 146 Å². The smallest absolute Gasteiger partial charge is 0.326 e. The number of carbonyl (C=O) groups excluding carboxylic acids is 4. The monoisotopic (exact) mass is 862 g/mol. The van der Waals surface area contributed by atoms with Gasteiger partial charge in [-0.05, 0) is 25.7 Å². The van der Waals surface area contributed by atoms with E-state index < -0.39 is 54.9 Å². The molecule has 60 heavy (non-hydrogen) atoms. The predicted molar refractivity (Wildman–Crippen MR) is 216 cm³/mol. The van der Waals surface area contributed by atoms with Crippen molar-refractivity contribution in [2.45, 2.75) is 141 Å². The van der Waals surface area contributed by atoms with Crippen LogP contribution in [0.1, 0.15) is 128 Å². The second kappa shape index (κ2) is 38.8. The molecule has 2 atom stereocenters. The molecule has 0 aromatic heterocycles. The fourth-order valence-corrected chi connectivity index (χ4v) is 5.68. The molecule has 4 amide bonds. The second-order valence-electron chi connectivity index (χ2n) is 14.3. The summed E-state index contributed by atoms with van der Waals surface area (Å²) in [6.45, 7) is 0.466. The maximum atomic E-state index is 12.3. The lowest BCUT2D eigenvalue weighted by Gasteiger charge is -2.14. The fraction of sp³-hybridized carbons (Fsp3) is 0.800. The van der Waals surface area contributed by atoms with Crippen molar-refractivity contribution in [3.8, 4) is 0 Å². The third-order valence-corrected chi connectivity index (χ3v) is 8.97. The quantitative estimate of drug-likeness (QED) is 0.0408. The first-order valence-electron chi connectivity index (χ1n) is 21.1. The number of hydrogen-bond donors (Lipinski definition) is 8. The lowest BCUT2D eigenvalue weighted by Crippen LogP contribution is -2.42. The summed E-state index contributed by atoms with van der Waals surface area (Å²) in [5.41, 5.74) is 0. The summed E-state index contributed by atoms with van der Waals surface area (Å²) in [4.78, 5) is 92.0. The Labute approximate surface area is 352 Å². The molecule has 0 fully saturated rings. The molecule has 8 N–H and O–H groups in total. The van der Waals surface area contributed by atoms with Crippen LogP contribution in [-0.2, 0) is 57.3 Å². The van der Waals surface area contributed by atoms with Gasteiger partial charge in [0.1, 0.15) is 25.3 Å². The van der Waals surface area contributed by atoms with Gasteiger partial charge in [-0.15, -0.1) is 0 Å². The standard InChI is InChI=1S/C40H70N4O16/c45-33(19-17-31(39(53)54)43-34(46)15-13-11-9-7-5-3-1-2-4-6-8-10-12-14-16-37(49)50)41-21-23-57-25-27-59-29-35(47)42-22-24-58-26-28-60-30-36(48)44-32(40(55)56)18-20-38(51)52/h31-32H,1-30H2,(H,41,45)(H,42,47)(H,43,46)(H,44,48)(H,49,50)(H,51,52)(H,53,54)(H,55,56)/t31-,32?/m0/s1. The van der Waals surface area contributed by atoms with E-state index in [0.29, 0.717) is 6.42 Å². The summed E-state index contributed by atoms with van der Waals surface area (Å²) in [5, 5.41) is 45.8. The number of carboxylic acid groups (broad SMARTS) is 4. The van der Waals surface area contributed by atoms with E-state index in [-0.39, 0.29) is 109 Å². The van der Waals surface area contributed by atoms with Crippen LogP contribution in [0.2, 0.25) is 0 Å². The minimum atomic E-state index is -1.35. The third-order valence-electron chi connectivity index (χ3n) is 8.97. The normalized spacial score (nSPS) is 11.9. The van der Waals surface area contributed by atoms with Crippen molar-refractivity contribution in [1.29, 1.82) is 0 Å². The highest BCUT2D eigenvalue weighted by Crippen LogP contribution is 2.14. The number of carboxylic acids is 4. The SMILES string of the molecule is O=C(O)CCCCCCCCCCCCCCCCC(=O)N[C@@H](CCC(=O)NCCOCCOCC(=O)NCCOCCOCC(=O)NC(CCC(=O)O)C(=O)O)C(=O)O. The zero-order chi connectivity index (χ0) is 44.6. The molecule has 0 aliphatic rings. The number of hydrogen-bond acceptors (Lipinski definition) is 12. The molecule has 0 saturated carbocycles. The largest absolute Gasteiger partial charge is 0.481 e. The number of nitrogens with one attached hydrogen (secondary N) is 4. The number of carbonyl (C=O) groups is 8. The van der Waals surface area contributed by atoms with Gasteiger partial charge in [0.2, 0.25) is 23.6 Å². The summed E-state index contributed by atoms with van der Waals surface area (Å²) >= 11 is 0. The Kier molecular flexibility index (Phi) is 35.9. The lowest BCUT2D eigenvalue weighted by atomic mass is 10.0. The third kappa shape index (κ3) is 37.8. The molecule has 0 heterocycles. The first kappa shape index (κ1) is 55.6. The minimum absolute atomic E-state index is 0.0269. The Morgan fingerprint density at radius 2 is 0.733 bits per heavy atom. The van der Waals surface area contributed by atoms with E-state index >= 15 is 0 Å². The molecule has 0 rings (SSSR count). The molecule has 0 radical (unpaired) electrons. The van der Waals surface area contributed by atoms with Gasteiger partial charge < -0.3 is 60.6 Å². The summed E-state index contributed by atoms with van der Waals surface area (Å²) in [6.07, 6.45) is 14.6. The van der Waals surface area contributed by atoms with Crippen molar-refractivity contribution in [1.82, 2.24) is 21.3 Å². The molecule has 0 aromatic carbocycles. The van der Waals surface area contributed by atoms with Crippen molar-refractivity contribution in [2.24, 2.45) is 0 Å². The number of amides is 4. The highest BCUT2D eigenvalue weighted by molar-refractivity contribution is 5.85. The van der Waals surface area contributed by atoms with Gasteiger partial charge in [-0.25, -0.2) is 9.59 Å². The molecule has 1 unspecified atom stereocenters. The zero-order valence-corrected chi connectivity index (χ0v) is 35.1. The van der Waals surface area contributed by atoms with Crippen molar-refractivity contribution in [3.05, 3.63) is 0 Å². The number of rotatable bonds is 43. The molecule has 20 nitrogen and oxygen atoms in total. The maximum absolute atomic E-state index is 12.3. The van der Waals surface area contributed by atoms with Crippen LogP contribution in [0.4, 0.5) is 0 Å². The van der Waals surface area contributed by atoms with Crippen LogP contribution in [0.5, 0.6) is 0 Å². The molecule has 0 saturated heterocycles. The van der Waals surface area contributed by atoms with E-state index in [4.69, 9.17) is 34.3 Å². The Hall–Kier alpha value is -4.40. The molecule has 0 aromatic rings. The molecule has 0 aliphatic carbocycles. The summed E-state index contributed by atoms with van der Waals surface area (Å²) in [5.74, 6) is -6.26. The van der Waals surface area contributed by atoms with Crippen LogP contribution < -0.4 is 21.3 Å². The van der Waals surface area contributed by atoms with Gasteiger partial charge in [-0.2, -0.15) is 0 Å². The van der Waals surface area contributed by atoms with Crippen molar-refractivity contribution in [3.63, 3.8) is 0 Å². The van der Waals surface area contributed by atoms with Gasteiger partial charge in [-0.1, -0.05) is 77.0 Å². The predicted octanol–water partition coefficient (Wildman–Crippen LogP) is 2.40. The van der Waals surface area contributed by atoms with Crippen LogP contribution in [0.3, 0.4) is 0 Å².